The van der Waals surface area contributed by atoms with E-state index >= 15 is 0 Å². The summed E-state index contributed by atoms with van der Waals surface area (Å²) in [4.78, 5) is 0. The molecule has 0 aromatic heterocycles. The van der Waals surface area contributed by atoms with Gasteiger partial charge in [-0.25, -0.2) is 0 Å². The van der Waals surface area contributed by atoms with E-state index in [0.717, 1.165) is 0 Å². The maximum absolute atomic E-state index is 9.51. The minimum atomic E-state index is 0.174. The number of hydrogen-bond donors (Lipinski definition) is 2. The molecule has 0 heterocycles. The van der Waals surface area contributed by atoms with Gasteiger partial charge in [0.2, 0.25) is 0 Å². The van der Waals surface area contributed by atoms with Crippen molar-refractivity contribution in [1.82, 2.24) is 0 Å². The molecule has 0 saturated heterocycles. The average Bonchev–Trinajstić information content (AvgIpc) is 2.08. The van der Waals surface area contributed by atoms with Crippen molar-refractivity contribution in [1.29, 1.82) is 0 Å². The zero-order chi connectivity index (χ0) is 9.30. The summed E-state index contributed by atoms with van der Waals surface area (Å²) in [6.07, 6.45) is 1.51. The number of aromatic hydroxyl groups is 2. The third-order valence-electron chi connectivity index (χ3n) is 1.41. The Balaban J connectivity index is 3.49. The van der Waals surface area contributed by atoms with Crippen LogP contribution < -0.4 is 0 Å². The van der Waals surface area contributed by atoms with Crippen LogP contribution in [0.1, 0.15) is 5.56 Å². The predicted molar refractivity (Wildman–Crippen MR) is 65.3 cm³/mol. The van der Waals surface area contributed by atoms with Crippen molar-refractivity contribution >= 4 is 51.3 Å². The first-order chi connectivity index (χ1) is 5.57. The molecule has 1 rings (SSSR count). The Hall–Kier alpha value is 0.0200. The van der Waals surface area contributed by atoms with Crippen molar-refractivity contribution in [3.8, 4) is 11.5 Å². The van der Waals surface area contributed by atoms with Gasteiger partial charge in [0.1, 0.15) is 11.5 Å². The Morgan fingerprint density at radius 1 is 1.25 bits per heavy atom. The topological polar surface area (TPSA) is 40.5 Å². The van der Waals surface area contributed by atoms with Crippen molar-refractivity contribution in [2.24, 2.45) is 0 Å². The molecule has 12 heavy (non-hydrogen) atoms. The normalized spacial score (nSPS) is 9.83. The molecule has 1 aromatic carbocycles. The van der Waals surface area contributed by atoms with E-state index in [4.69, 9.17) is 0 Å². The summed E-state index contributed by atoms with van der Waals surface area (Å²) in [7, 11) is 0. The van der Waals surface area contributed by atoms with Crippen LogP contribution in [0.2, 0.25) is 0 Å². The van der Waals surface area contributed by atoms with Gasteiger partial charge in [0, 0.05) is 5.56 Å². The monoisotopic (exact) mass is 388 g/mol. The summed E-state index contributed by atoms with van der Waals surface area (Å²) < 4.78 is 1.32. The molecule has 0 amide bonds. The van der Waals surface area contributed by atoms with E-state index in [0.29, 0.717) is 12.7 Å². The lowest BCUT2D eigenvalue weighted by Gasteiger charge is -2.05. The lowest BCUT2D eigenvalue weighted by Crippen LogP contribution is -1.85. The molecule has 4 heteroatoms. The Bertz CT molecular complexity index is 334. The molecule has 0 spiro atoms. The van der Waals surface area contributed by atoms with Crippen LogP contribution in [0.4, 0.5) is 0 Å². The quantitative estimate of drug-likeness (QED) is 0.574. The molecule has 0 fully saturated rings. The number of phenolic OH excluding ortho intramolecular Hbond substituents is 2. The molecule has 1 aromatic rings. The van der Waals surface area contributed by atoms with E-state index in [-0.39, 0.29) is 11.5 Å². The Morgan fingerprint density at radius 2 is 1.83 bits per heavy atom. The maximum Gasteiger partial charge on any atom is 0.137 e. The first kappa shape index (κ1) is 10.1. The third kappa shape index (κ3) is 1.68. The van der Waals surface area contributed by atoms with Crippen molar-refractivity contribution in [2.45, 2.75) is 0 Å². The Morgan fingerprint density at radius 3 is 2.33 bits per heavy atom. The van der Waals surface area contributed by atoms with Gasteiger partial charge in [-0.15, -0.1) is 0 Å². The van der Waals surface area contributed by atoms with Gasteiger partial charge in [-0.1, -0.05) is 12.7 Å². The van der Waals surface area contributed by atoms with Gasteiger partial charge in [0.15, 0.2) is 0 Å². The van der Waals surface area contributed by atoms with E-state index in [1.165, 1.54) is 12.1 Å². The van der Waals surface area contributed by atoms with Gasteiger partial charge in [0.25, 0.3) is 0 Å². The van der Waals surface area contributed by atoms with Crippen LogP contribution in [0.5, 0.6) is 11.5 Å². The fourth-order valence-electron chi connectivity index (χ4n) is 0.778. The first-order valence-corrected chi connectivity index (χ1v) is 5.26. The molecule has 0 aliphatic rings. The summed E-state index contributed by atoms with van der Waals surface area (Å²) in [5, 5.41) is 18.9. The molecule has 0 radical (unpaired) electrons. The molecule has 0 bridgehead atoms. The number of phenols is 2. The largest absolute Gasteiger partial charge is 0.507 e. The zero-order valence-corrected chi connectivity index (χ0v) is 10.3. The summed E-state index contributed by atoms with van der Waals surface area (Å²) >= 11 is 3.95. The molecular weight excluding hydrogens is 382 g/mol. The Labute approximate surface area is 97.6 Å². The molecular formula is C8H6I2O2. The molecule has 0 atom stereocenters. The highest BCUT2D eigenvalue weighted by atomic mass is 127. The van der Waals surface area contributed by atoms with Gasteiger partial charge >= 0.3 is 0 Å². The second-order valence-corrected chi connectivity index (χ2v) is 4.32. The van der Waals surface area contributed by atoms with E-state index in [2.05, 4.69) is 6.58 Å². The lowest BCUT2D eigenvalue weighted by molar-refractivity contribution is 0.452. The molecule has 2 nitrogen and oxygen atoms in total. The van der Waals surface area contributed by atoms with Crippen molar-refractivity contribution in [3.63, 3.8) is 0 Å². The summed E-state index contributed by atoms with van der Waals surface area (Å²) in [5.41, 5.74) is 0.553. The maximum atomic E-state index is 9.51. The molecule has 0 aliphatic carbocycles. The SMILES string of the molecule is C=Cc1cc(O)c(I)c(I)c1O. The highest BCUT2D eigenvalue weighted by molar-refractivity contribution is 14.1. The number of benzene rings is 1. The van der Waals surface area contributed by atoms with Crippen LogP contribution in [0.15, 0.2) is 12.6 Å². The van der Waals surface area contributed by atoms with Gasteiger partial charge in [0.05, 0.1) is 7.14 Å². The summed E-state index contributed by atoms with van der Waals surface area (Å²) in [6.45, 7) is 3.53. The minimum absolute atomic E-state index is 0.174. The predicted octanol–water partition coefficient (Wildman–Crippen LogP) is 2.95. The van der Waals surface area contributed by atoms with Crippen molar-refractivity contribution in [3.05, 3.63) is 25.3 Å². The number of halogens is 2. The first-order valence-electron chi connectivity index (χ1n) is 3.10. The average molecular weight is 388 g/mol. The second kappa shape index (κ2) is 3.82. The van der Waals surface area contributed by atoms with Crippen LogP contribution in [-0.4, -0.2) is 10.2 Å². The smallest absolute Gasteiger partial charge is 0.137 e. The molecule has 0 aliphatic heterocycles. The standard InChI is InChI=1S/C8H6I2O2/c1-2-4-3-5(11)6(9)7(10)8(4)12/h2-3,11-12H,1H2. The van der Waals surface area contributed by atoms with Gasteiger partial charge < -0.3 is 10.2 Å². The molecule has 64 valence electrons. The highest BCUT2D eigenvalue weighted by Gasteiger charge is 2.10. The van der Waals surface area contributed by atoms with E-state index < -0.39 is 0 Å². The summed E-state index contributed by atoms with van der Waals surface area (Å²) in [5.74, 6) is 0.348. The number of hydrogen-bond acceptors (Lipinski definition) is 2. The molecule has 0 saturated carbocycles. The van der Waals surface area contributed by atoms with Gasteiger partial charge in [-0.05, 0) is 51.2 Å². The fourth-order valence-corrected chi connectivity index (χ4v) is 1.78. The van der Waals surface area contributed by atoms with Crippen LogP contribution in [0.25, 0.3) is 6.08 Å². The fraction of sp³-hybridized carbons (Fsp3) is 0. The second-order valence-electron chi connectivity index (χ2n) is 2.17. The molecule has 2 N–H and O–H groups in total. The minimum Gasteiger partial charge on any atom is -0.507 e. The molecule has 0 unspecified atom stereocenters. The summed E-state index contributed by atoms with van der Waals surface area (Å²) in [6, 6.07) is 1.49. The zero-order valence-electron chi connectivity index (χ0n) is 6.01. The Kier molecular flexibility index (Phi) is 3.22. The highest BCUT2D eigenvalue weighted by Crippen LogP contribution is 2.35. The van der Waals surface area contributed by atoms with Crippen molar-refractivity contribution in [2.75, 3.05) is 0 Å². The number of rotatable bonds is 1. The van der Waals surface area contributed by atoms with Crippen molar-refractivity contribution < 1.29 is 10.2 Å². The van der Waals surface area contributed by atoms with Gasteiger partial charge in [-0.2, -0.15) is 0 Å². The van der Waals surface area contributed by atoms with Crippen LogP contribution in [0, 0.1) is 7.14 Å². The van der Waals surface area contributed by atoms with E-state index in [9.17, 15) is 10.2 Å². The van der Waals surface area contributed by atoms with Crippen LogP contribution in [0.3, 0.4) is 0 Å². The van der Waals surface area contributed by atoms with E-state index in [1.807, 2.05) is 45.2 Å². The van der Waals surface area contributed by atoms with Crippen LogP contribution >= 0.6 is 45.2 Å². The van der Waals surface area contributed by atoms with Crippen LogP contribution in [-0.2, 0) is 0 Å². The lowest BCUT2D eigenvalue weighted by atomic mass is 10.2. The third-order valence-corrected chi connectivity index (χ3v) is 4.59. The van der Waals surface area contributed by atoms with E-state index in [1.54, 1.807) is 0 Å². The van der Waals surface area contributed by atoms with Gasteiger partial charge in [-0.3, -0.25) is 0 Å².